The number of esters is 1. The molecule has 1 atom stereocenters. The first-order valence-electron chi connectivity index (χ1n) is 9.27. The standard InChI is InChI=1S/C22H27NO2/c1-18(17-23-15-9-4-10-16-23)25-22(24)21(19-11-5-2-6-12-19)20-13-7-3-8-14-20/h2-3,5-8,11-14,18,21H,4,9-10,15-17H2,1H3. The van der Waals surface area contributed by atoms with Crippen molar-refractivity contribution in [2.75, 3.05) is 19.6 Å². The fourth-order valence-electron chi connectivity index (χ4n) is 3.56. The van der Waals surface area contributed by atoms with Gasteiger partial charge >= 0.3 is 5.97 Å². The first-order chi connectivity index (χ1) is 12.2. The van der Waals surface area contributed by atoms with Crippen molar-refractivity contribution < 1.29 is 9.53 Å². The largest absolute Gasteiger partial charge is 0.461 e. The Hall–Kier alpha value is -2.13. The van der Waals surface area contributed by atoms with Gasteiger partial charge in [0, 0.05) is 6.54 Å². The summed E-state index contributed by atoms with van der Waals surface area (Å²) in [5.74, 6) is -0.534. The van der Waals surface area contributed by atoms with Crippen molar-refractivity contribution >= 4 is 5.97 Å². The lowest BCUT2D eigenvalue weighted by Gasteiger charge is -2.29. The molecule has 0 aliphatic carbocycles. The molecule has 2 aromatic rings. The Morgan fingerprint density at radius 3 is 1.96 bits per heavy atom. The maximum Gasteiger partial charge on any atom is 0.318 e. The fraction of sp³-hybridized carbons (Fsp3) is 0.409. The molecule has 0 bridgehead atoms. The number of nitrogens with zero attached hydrogens (tertiary/aromatic N) is 1. The molecule has 1 aliphatic heterocycles. The molecule has 0 saturated carbocycles. The van der Waals surface area contributed by atoms with Crippen molar-refractivity contribution in [3.05, 3.63) is 71.8 Å². The van der Waals surface area contributed by atoms with E-state index in [-0.39, 0.29) is 18.0 Å². The minimum atomic E-state index is -0.369. The Balaban J connectivity index is 1.71. The molecule has 2 aromatic carbocycles. The second-order valence-corrected chi connectivity index (χ2v) is 6.86. The van der Waals surface area contributed by atoms with Gasteiger partial charge in [-0.3, -0.25) is 9.69 Å². The fourth-order valence-corrected chi connectivity index (χ4v) is 3.56. The first kappa shape index (κ1) is 17.7. The van der Waals surface area contributed by atoms with Crippen molar-refractivity contribution in [1.29, 1.82) is 0 Å². The molecule has 0 aromatic heterocycles. The first-order valence-corrected chi connectivity index (χ1v) is 9.27. The van der Waals surface area contributed by atoms with E-state index in [0.29, 0.717) is 0 Å². The van der Waals surface area contributed by atoms with Gasteiger partial charge in [-0.1, -0.05) is 67.1 Å². The number of likely N-dealkylation sites (tertiary alicyclic amines) is 1. The summed E-state index contributed by atoms with van der Waals surface area (Å²) >= 11 is 0. The van der Waals surface area contributed by atoms with Crippen molar-refractivity contribution in [2.45, 2.75) is 38.2 Å². The van der Waals surface area contributed by atoms with E-state index in [2.05, 4.69) is 4.90 Å². The van der Waals surface area contributed by atoms with Crippen LogP contribution >= 0.6 is 0 Å². The van der Waals surface area contributed by atoms with Crippen LogP contribution in [0, 0.1) is 0 Å². The summed E-state index contributed by atoms with van der Waals surface area (Å²) in [5.41, 5.74) is 1.95. The summed E-state index contributed by atoms with van der Waals surface area (Å²) in [6, 6.07) is 19.8. The molecule has 1 heterocycles. The molecule has 0 N–H and O–H groups in total. The van der Waals surface area contributed by atoms with E-state index in [1.807, 2.05) is 67.6 Å². The molecule has 1 aliphatic rings. The maximum absolute atomic E-state index is 13.0. The highest BCUT2D eigenvalue weighted by Crippen LogP contribution is 2.26. The van der Waals surface area contributed by atoms with Gasteiger partial charge in [0.2, 0.25) is 0 Å². The zero-order valence-corrected chi connectivity index (χ0v) is 14.9. The van der Waals surface area contributed by atoms with E-state index < -0.39 is 0 Å². The van der Waals surface area contributed by atoms with E-state index in [4.69, 9.17) is 4.74 Å². The van der Waals surface area contributed by atoms with Gasteiger partial charge in [-0.2, -0.15) is 0 Å². The monoisotopic (exact) mass is 337 g/mol. The average Bonchev–Trinajstić information content (AvgIpc) is 2.64. The van der Waals surface area contributed by atoms with E-state index >= 15 is 0 Å². The Kier molecular flexibility index (Phi) is 6.24. The van der Waals surface area contributed by atoms with Crippen molar-refractivity contribution in [3.8, 4) is 0 Å². The van der Waals surface area contributed by atoms with Crippen LogP contribution in [0.15, 0.2) is 60.7 Å². The molecule has 3 nitrogen and oxygen atoms in total. The molecule has 1 unspecified atom stereocenters. The smallest absolute Gasteiger partial charge is 0.318 e. The predicted octanol–water partition coefficient (Wildman–Crippen LogP) is 4.24. The molecular weight excluding hydrogens is 310 g/mol. The topological polar surface area (TPSA) is 29.5 Å². The molecule has 3 rings (SSSR count). The number of benzene rings is 2. The van der Waals surface area contributed by atoms with E-state index in [9.17, 15) is 4.79 Å². The SMILES string of the molecule is CC(CN1CCCCC1)OC(=O)C(c1ccccc1)c1ccccc1. The summed E-state index contributed by atoms with van der Waals surface area (Å²) in [7, 11) is 0. The molecule has 132 valence electrons. The maximum atomic E-state index is 13.0. The van der Waals surface area contributed by atoms with Gasteiger partial charge in [-0.15, -0.1) is 0 Å². The zero-order valence-electron chi connectivity index (χ0n) is 14.9. The van der Waals surface area contributed by atoms with Crippen LogP contribution in [-0.2, 0) is 9.53 Å². The Morgan fingerprint density at radius 1 is 0.920 bits per heavy atom. The number of rotatable bonds is 6. The summed E-state index contributed by atoms with van der Waals surface area (Å²) in [4.78, 5) is 15.4. The van der Waals surface area contributed by atoms with Crippen LogP contribution in [0.5, 0.6) is 0 Å². The highest BCUT2D eigenvalue weighted by Gasteiger charge is 2.26. The lowest BCUT2D eigenvalue weighted by Crippen LogP contribution is -2.37. The minimum absolute atomic E-state index is 0.0967. The number of ether oxygens (including phenoxy) is 1. The van der Waals surface area contributed by atoms with Crippen LogP contribution < -0.4 is 0 Å². The Bertz CT molecular complexity index is 611. The second-order valence-electron chi connectivity index (χ2n) is 6.86. The van der Waals surface area contributed by atoms with E-state index in [1.54, 1.807) is 0 Å². The number of hydrogen-bond acceptors (Lipinski definition) is 3. The van der Waals surface area contributed by atoms with Crippen LogP contribution in [0.1, 0.15) is 43.2 Å². The van der Waals surface area contributed by atoms with Gasteiger partial charge in [-0.25, -0.2) is 0 Å². The summed E-state index contributed by atoms with van der Waals surface area (Å²) < 4.78 is 5.84. The van der Waals surface area contributed by atoms with Gasteiger partial charge < -0.3 is 4.74 Å². The van der Waals surface area contributed by atoms with Crippen LogP contribution in [0.3, 0.4) is 0 Å². The average molecular weight is 337 g/mol. The number of carbonyl (C=O) groups excluding carboxylic acids is 1. The summed E-state index contributed by atoms with van der Waals surface area (Å²) in [5, 5.41) is 0. The van der Waals surface area contributed by atoms with Crippen molar-refractivity contribution in [2.24, 2.45) is 0 Å². The highest BCUT2D eigenvalue weighted by molar-refractivity contribution is 5.82. The summed E-state index contributed by atoms with van der Waals surface area (Å²) in [6.45, 7) is 5.05. The molecule has 0 amide bonds. The third-order valence-electron chi connectivity index (χ3n) is 4.78. The Morgan fingerprint density at radius 2 is 1.44 bits per heavy atom. The zero-order chi connectivity index (χ0) is 17.5. The van der Waals surface area contributed by atoms with E-state index in [1.165, 1.54) is 19.3 Å². The molecular formula is C22H27NO2. The molecule has 1 saturated heterocycles. The second kappa shape index (κ2) is 8.82. The normalized spacial score (nSPS) is 16.6. The van der Waals surface area contributed by atoms with E-state index in [0.717, 1.165) is 30.8 Å². The number of carbonyl (C=O) groups is 1. The molecule has 0 spiro atoms. The lowest BCUT2D eigenvalue weighted by molar-refractivity contribution is -0.150. The minimum Gasteiger partial charge on any atom is -0.461 e. The van der Waals surface area contributed by atoms with Crippen LogP contribution in [0.25, 0.3) is 0 Å². The highest BCUT2D eigenvalue weighted by atomic mass is 16.5. The Labute approximate surface area is 150 Å². The van der Waals surface area contributed by atoms with Crippen LogP contribution in [-0.4, -0.2) is 36.6 Å². The van der Waals surface area contributed by atoms with Crippen molar-refractivity contribution in [3.63, 3.8) is 0 Å². The molecule has 1 fully saturated rings. The number of piperidine rings is 1. The van der Waals surface area contributed by atoms with Crippen molar-refractivity contribution in [1.82, 2.24) is 4.90 Å². The third kappa shape index (κ3) is 4.93. The third-order valence-corrected chi connectivity index (χ3v) is 4.78. The predicted molar refractivity (Wildman–Crippen MR) is 101 cm³/mol. The molecule has 25 heavy (non-hydrogen) atoms. The van der Waals surface area contributed by atoms with Gasteiger partial charge in [0.05, 0.1) is 0 Å². The van der Waals surface area contributed by atoms with Gasteiger partial charge in [-0.05, 0) is 44.0 Å². The van der Waals surface area contributed by atoms with Crippen LogP contribution in [0.4, 0.5) is 0 Å². The van der Waals surface area contributed by atoms with Crippen LogP contribution in [0.2, 0.25) is 0 Å². The van der Waals surface area contributed by atoms with Gasteiger partial charge in [0.15, 0.2) is 0 Å². The van der Waals surface area contributed by atoms with Gasteiger partial charge in [0.25, 0.3) is 0 Å². The quantitative estimate of drug-likeness (QED) is 0.739. The molecule has 0 radical (unpaired) electrons. The summed E-state index contributed by atoms with van der Waals surface area (Å²) in [6.07, 6.45) is 3.71. The van der Waals surface area contributed by atoms with Gasteiger partial charge in [0.1, 0.15) is 12.0 Å². The number of hydrogen-bond donors (Lipinski definition) is 0. The lowest BCUT2D eigenvalue weighted by atomic mass is 9.91. The molecule has 3 heteroatoms.